The van der Waals surface area contributed by atoms with Crippen LogP contribution in [0.15, 0.2) is 18.3 Å². The maximum absolute atomic E-state index is 11.0. The lowest BCUT2D eigenvalue weighted by Gasteiger charge is -2.07. The summed E-state index contributed by atoms with van der Waals surface area (Å²) in [5, 5.41) is 18.5. The molecule has 0 spiro atoms. The molecule has 1 N–H and O–H groups in total. The summed E-state index contributed by atoms with van der Waals surface area (Å²) in [5.74, 6) is 0.811. The zero-order valence-electron chi connectivity index (χ0n) is 12.5. The van der Waals surface area contributed by atoms with Crippen LogP contribution in [0.4, 0.5) is 11.5 Å². The molecule has 2 aromatic heterocycles. The van der Waals surface area contributed by atoms with E-state index in [2.05, 4.69) is 22.3 Å². The molecule has 0 radical (unpaired) electrons. The maximum Gasteiger partial charge on any atom is 0.312 e. The van der Waals surface area contributed by atoms with E-state index in [0.717, 1.165) is 24.3 Å². The molecule has 112 valence electrons. The third-order valence-corrected chi connectivity index (χ3v) is 3.24. The zero-order chi connectivity index (χ0) is 15.4. The topological polar surface area (TPSA) is 85.9 Å². The van der Waals surface area contributed by atoms with Crippen molar-refractivity contribution in [2.75, 3.05) is 11.9 Å². The first-order valence-corrected chi connectivity index (χ1v) is 6.90. The van der Waals surface area contributed by atoms with Gasteiger partial charge in [-0.1, -0.05) is 6.92 Å². The number of hydrogen-bond acceptors (Lipinski definition) is 5. The predicted octanol–water partition coefficient (Wildman–Crippen LogP) is 2.67. The maximum atomic E-state index is 11.0. The van der Waals surface area contributed by atoms with E-state index in [-0.39, 0.29) is 10.6 Å². The summed E-state index contributed by atoms with van der Waals surface area (Å²) in [5.41, 5.74) is 2.10. The lowest BCUT2D eigenvalue weighted by atomic mass is 10.2. The van der Waals surface area contributed by atoms with Crippen LogP contribution < -0.4 is 5.32 Å². The number of nitrogens with one attached hydrogen (secondary N) is 1. The molecule has 0 bridgehead atoms. The van der Waals surface area contributed by atoms with Crippen LogP contribution >= 0.6 is 0 Å². The molecule has 0 aliphatic heterocycles. The van der Waals surface area contributed by atoms with E-state index >= 15 is 0 Å². The van der Waals surface area contributed by atoms with Crippen LogP contribution in [-0.4, -0.2) is 26.2 Å². The minimum atomic E-state index is -0.380. The van der Waals surface area contributed by atoms with E-state index in [9.17, 15) is 10.1 Å². The van der Waals surface area contributed by atoms with Gasteiger partial charge in [0, 0.05) is 12.7 Å². The minimum Gasteiger partial charge on any atom is -0.370 e. The van der Waals surface area contributed by atoms with Crippen molar-refractivity contribution in [2.45, 2.75) is 33.7 Å². The fourth-order valence-corrected chi connectivity index (χ4v) is 2.20. The van der Waals surface area contributed by atoms with Gasteiger partial charge in [0.2, 0.25) is 0 Å². The molecular weight excluding hydrogens is 270 g/mol. The zero-order valence-corrected chi connectivity index (χ0v) is 12.5. The SMILES string of the molecule is CCCNc1cc(Cn2nc(C)c([N+](=O)[O-])c2C)ccn1. The summed E-state index contributed by atoms with van der Waals surface area (Å²) in [4.78, 5) is 14.9. The second kappa shape index (κ2) is 6.34. The monoisotopic (exact) mass is 289 g/mol. The van der Waals surface area contributed by atoms with Crippen LogP contribution in [0.25, 0.3) is 0 Å². The molecule has 0 unspecified atom stereocenters. The molecule has 0 amide bonds. The van der Waals surface area contributed by atoms with Crippen LogP contribution in [0.3, 0.4) is 0 Å². The van der Waals surface area contributed by atoms with Crippen molar-refractivity contribution in [1.29, 1.82) is 0 Å². The van der Waals surface area contributed by atoms with Gasteiger partial charge in [0.1, 0.15) is 17.2 Å². The Balaban J connectivity index is 2.22. The number of rotatable bonds is 6. The largest absolute Gasteiger partial charge is 0.370 e. The highest BCUT2D eigenvalue weighted by Gasteiger charge is 2.21. The van der Waals surface area contributed by atoms with Crippen LogP contribution in [0.5, 0.6) is 0 Å². The van der Waals surface area contributed by atoms with E-state index in [1.165, 1.54) is 0 Å². The Kier molecular flexibility index (Phi) is 4.52. The normalized spacial score (nSPS) is 10.6. The Morgan fingerprint density at radius 1 is 1.43 bits per heavy atom. The Morgan fingerprint density at radius 2 is 2.19 bits per heavy atom. The number of aromatic nitrogens is 3. The smallest absolute Gasteiger partial charge is 0.312 e. The van der Waals surface area contributed by atoms with Crippen molar-refractivity contribution in [3.8, 4) is 0 Å². The standard InChI is InChI=1S/C14H19N5O2/c1-4-6-15-13-8-12(5-7-16-13)9-18-11(3)14(19(20)21)10(2)17-18/h5,7-8H,4,6,9H2,1-3H3,(H,15,16). The third kappa shape index (κ3) is 3.36. The number of nitrogens with zero attached hydrogens (tertiary/aromatic N) is 4. The summed E-state index contributed by atoms with van der Waals surface area (Å²) < 4.78 is 1.66. The summed E-state index contributed by atoms with van der Waals surface area (Å²) in [6, 6.07) is 3.83. The fraction of sp³-hybridized carbons (Fsp3) is 0.429. The average Bonchev–Trinajstić information content (AvgIpc) is 2.71. The van der Waals surface area contributed by atoms with Gasteiger partial charge in [-0.05, 0) is 38.0 Å². The molecule has 21 heavy (non-hydrogen) atoms. The molecular formula is C14H19N5O2. The van der Waals surface area contributed by atoms with Gasteiger partial charge < -0.3 is 5.32 Å². The number of anilines is 1. The molecule has 0 saturated heterocycles. The second-order valence-electron chi connectivity index (χ2n) is 4.91. The van der Waals surface area contributed by atoms with Crippen molar-refractivity contribution in [1.82, 2.24) is 14.8 Å². The lowest BCUT2D eigenvalue weighted by molar-refractivity contribution is -0.386. The highest BCUT2D eigenvalue weighted by molar-refractivity contribution is 5.41. The van der Waals surface area contributed by atoms with Crippen LogP contribution in [-0.2, 0) is 6.54 Å². The Morgan fingerprint density at radius 3 is 2.81 bits per heavy atom. The molecule has 0 saturated carbocycles. The van der Waals surface area contributed by atoms with E-state index in [4.69, 9.17) is 0 Å². The van der Waals surface area contributed by atoms with E-state index in [1.54, 1.807) is 24.7 Å². The molecule has 2 aromatic rings. The minimum absolute atomic E-state index is 0.0911. The predicted molar refractivity (Wildman–Crippen MR) is 80.5 cm³/mol. The molecule has 0 aliphatic rings. The summed E-state index contributed by atoms with van der Waals surface area (Å²) in [7, 11) is 0. The molecule has 2 heterocycles. The second-order valence-corrected chi connectivity index (χ2v) is 4.91. The number of hydrogen-bond donors (Lipinski definition) is 1. The van der Waals surface area contributed by atoms with Crippen molar-refractivity contribution in [3.63, 3.8) is 0 Å². The van der Waals surface area contributed by atoms with Crippen LogP contribution in [0, 0.1) is 24.0 Å². The highest BCUT2D eigenvalue weighted by atomic mass is 16.6. The van der Waals surface area contributed by atoms with E-state index < -0.39 is 0 Å². The van der Waals surface area contributed by atoms with Crippen LogP contribution in [0.1, 0.15) is 30.3 Å². The first kappa shape index (κ1) is 15.0. The summed E-state index contributed by atoms with van der Waals surface area (Å²) in [6.07, 6.45) is 2.75. The van der Waals surface area contributed by atoms with Gasteiger partial charge in [-0.15, -0.1) is 0 Å². The van der Waals surface area contributed by atoms with Gasteiger partial charge in [-0.25, -0.2) is 4.98 Å². The van der Waals surface area contributed by atoms with Crippen LogP contribution in [0.2, 0.25) is 0 Å². The summed E-state index contributed by atoms with van der Waals surface area (Å²) >= 11 is 0. The number of pyridine rings is 1. The van der Waals surface area contributed by atoms with Gasteiger partial charge in [0.15, 0.2) is 0 Å². The van der Waals surface area contributed by atoms with Crippen molar-refractivity contribution < 1.29 is 4.92 Å². The van der Waals surface area contributed by atoms with Crippen molar-refractivity contribution >= 4 is 11.5 Å². The quantitative estimate of drug-likeness (QED) is 0.652. The molecule has 0 fully saturated rings. The van der Waals surface area contributed by atoms with Gasteiger partial charge in [0.25, 0.3) is 0 Å². The molecule has 0 aromatic carbocycles. The van der Waals surface area contributed by atoms with E-state index in [0.29, 0.717) is 17.9 Å². The fourth-order valence-electron chi connectivity index (χ4n) is 2.20. The molecule has 0 atom stereocenters. The first-order valence-electron chi connectivity index (χ1n) is 6.90. The molecule has 7 nitrogen and oxygen atoms in total. The van der Waals surface area contributed by atoms with Gasteiger partial charge >= 0.3 is 5.69 Å². The third-order valence-electron chi connectivity index (χ3n) is 3.24. The summed E-state index contributed by atoms with van der Waals surface area (Å²) in [6.45, 7) is 6.81. The lowest BCUT2D eigenvalue weighted by Crippen LogP contribution is -2.06. The highest BCUT2D eigenvalue weighted by Crippen LogP contribution is 2.22. The van der Waals surface area contributed by atoms with Crippen molar-refractivity contribution in [2.24, 2.45) is 0 Å². The Hall–Kier alpha value is -2.44. The average molecular weight is 289 g/mol. The Bertz CT molecular complexity index is 651. The molecule has 0 aliphatic carbocycles. The van der Waals surface area contributed by atoms with E-state index in [1.807, 2.05) is 12.1 Å². The van der Waals surface area contributed by atoms with Crippen molar-refractivity contribution in [3.05, 3.63) is 45.4 Å². The Labute approximate surface area is 123 Å². The van der Waals surface area contributed by atoms with Gasteiger partial charge in [-0.2, -0.15) is 5.10 Å². The number of nitro groups is 1. The number of aryl methyl sites for hydroxylation is 1. The first-order chi connectivity index (χ1) is 10.0. The molecule has 7 heteroatoms. The molecule has 2 rings (SSSR count). The van der Waals surface area contributed by atoms with Gasteiger partial charge in [0.05, 0.1) is 11.5 Å². The van der Waals surface area contributed by atoms with Gasteiger partial charge in [-0.3, -0.25) is 14.8 Å².